The number of phenols is 1. The van der Waals surface area contributed by atoms with Gasteiger partial charge < -0.3 is 14.6 Å². The SMILES string of the molecule is COc1ccc2c(n1)CN1CCc3cc(OC)c(O)cc3C1C2. The number of hydrogen-bond donors (Lipinski definition) is 1. The molecule has 5 heteroatoms. The third-order valence-electron chi connectivity index (χ3n) is 4.93. The fourth-order valence-electron chi connectivity index (χ4n) is 3.71. The van der Waals surface area contributed by atoms with Crippen molar-refractivity contribution in [3.63, 3.8) is 0 Å². The van der Waals surface area contributed by atoms with Crippen LogP contribution in [-0.2, 0) is 19.4 Å². The molecule has 23 heavy (non-hydrogen) atoms. The van der Waals surface area contributed by atoms with E-state index in [1.54, 1.807) is 14.2 Å². The first-order valence-corrected chi connectivity index (χ1v) is 7.86. The minimum atomic E-state index is 0.215. The van der Waals surface area contributed by atoms with Crippen LogP contribution in [0.1, 0.15) is 28.4 Å². The Morgan fingerprint density at radius 3 is 2.83 bits per heavy atom. The summed E-state index contributed by atoms with van der Waals surface area (Å²) in [5.74, 6) is 1.44. The molecule has 0 bridgehead atoms. The normalized spacial score (nSPS) is 19.5. The maximum Gasteiger partial charge on any atom is 0.213 e. The second-order valence-corrected chi connectivity index (χ2v) is 6.12. The first-order valence-electron chi connectivity index (χ1n) is 7.86. The second-order valence-electron chi connectivity index (χ2n) is 6.12. The molecule has 1 atom stereocenters. The first kappa shape index (κ1) is 14.3. The number of pyridine rings is 1. The van der Waals surface area contributed by atoms with Crippen LogP contribution in [0.3, 0.4) is 0 Å². The lowest BCUT2D eigenvalue weighted by Crippen LogP contribution is -2.39. The van der Waals surface area contributed by atoms with Crippen LogP contribution in [0.15, 0.2) is 24.3 Å². The highest BCUT2D eigenvalue weighted by atomic mass is 16.5. The molecule has 4 rings (SSSR count). The van der Waals surface area contributed by atoms with E-state index >= 15 is 0 Å². The van der Waals surface area contributed by atoms with Crippen molar-refractivity contribution < 1.29 is 14.6 Å². The van der Waals surface area contributed by atoms with Gasteiger partial charge in [-0.3, -0.25) is 4.90 Å². The lowest BCUT2D eigenvalue weighted by Gasteiger charge is -2.41. The fourth-order valence-corrected chi connectivity index (χ4v) is 3.71. The third-order valence-corrected chi connectivity index (χ3v) is 4.93. The lowest BCUT2D eigenvalue weighted by molar-refractivity contribution is 0.157. The molecule has 2 aromatic rings. The van der Waals surface area contributed by atoms with Crippen LogP contribution >= 0.6 is 0 Å². The van der Waals surface area contributed by atoms with Crippen LogP contribution in [0.2, 0.25) is 0 Å². The van der Waals surface area contributed by atoms with E-state index in [4.69, 9.17) is 9.47 Å². The summed E-state index contributed by atoms with van der Waals surface area (Å²) in [6.07, 6.45) is 1.87. The van der Waals surface area contributed by atoms with Gasteiger partial charge in [0.15, 0.2) is 11.5 Å². The highest BCUT2D eigenvalue weighted by Crippen LogP contribution is 2.41. The van der Waals surface area contributed by atoms with E-state index in [-0.39, 0.29) is 5.75 Å². The zero-order valence-electron chi connectivity index (χ0n) is 13.4. The van der Waals surface area contributed by atoms with Crippen LogP contribution in [0.4, 0.5) is 0 Å². The molecular formula is C18H20N2O3. The number of ether oxygens (including phenoxy) is 2. The highest BCUT2D eigenvalue weighted by Gasteiger charge is 2.33. The Bertz CT molecular complexity index is 760. The van der Waals surface area contributed by atoms with Crippen molar-refractivity contribution in [2.75, 3.05) is 20.8 Å². The molecule has 2 aliphatic heterocycles. The Balaban J connectivity index is 1.73. The van der Waals surface area contributed by atoms with Crippen LogP contribution < -0.4 is 9.47 Å². The molecule has 0 saturated carbocycles. The molecule has 0 aliphatic carbocycles. The van der Waals surface area contributed by atoms with Gasteiger partial charge in [0.2, 0.25) is 5.88 Å². The van der Waals surface area contributed by atoms with Crippen LogP contribution in [0.25, 0.3) is 0 Å². The van der Waals surface area contributed by atoms with E-state index in [2.05, 4.69) is 16.0 Å². The number of rotatable bonds is 2. The Labute approximate surface area is 135 Å². The average Bonchev–Trinajstić information content (AvgIpc) is 2.59. The van der Waals surface area contributed by atoms with Gasteiger partial charge in [-0.15, -0.1) is 0 Å². The molecule has 3 heterocycles. The van der Waals surface area contributed by atoms with Gasteiger partial charge in [-0.2, -0.15) is 0 Å². The molecule has 0 amide bonds. The predicted molar refractivity (Wildman–Crippen MR) is 86.0 cm³/mol. The Kier molecular flexibility index (Phi) is 3.38. The number of benzene rings is 1. The zero-order chi connectivity index (χ0) is 16.0. The molecule has 2 aliphatic rings. The lowest BCUT2D eigenvalue weighted by atomic mass is 9.85. The van der Waals surface area contributed by atoms with E-state index in [1.807, 2.05) is 18.2 Å². The maximum atomic E-state index is 10.1. The third kappa shape index (κ3) is 2.32. The number of nitrogens with zero attached hydrogens (tertiary/aromatic N) is 2. The smallest absolute Gasteiger partial charge is 0.213 e. The van der Waals surface area contributed by atoms with Gasteiger partial charge in [0.1, 0.15) is 0 Å². The quantitative estimate of drug-likeness (QED) is 0.923. The van der Waals surface area contributed by atoms with Crippen molar-refractivity contribution in [2.45, 2.75) is 25.4 Å². The van der Waals surface area contributed by atoms with Gasteiger partial charge in [0.05, 0.1) is 19.9 Å². The summed E-state index contributed by atoms with van der Waals surface area (Å²) < 4.78 is 10.5. The van der Waals surface area contributed by atoms with Crippen LogP contribution in [-0.4, -0.2) is 35.8 Å². The standard InChI is InChI=1S/C18H20N2O3/c1-22-17-8-11-5-6-20-10-14-12(3-4-18(19-14)23-2)7-15(20)13(11)9-16(17)21/h3-4,8-9,15,21H,5-7,10H2,1-2H3. The molecule has 0 radical (unpaired) electrons. The maximum absolute atomic E-state index is 10.1. The largest absolute Gasteiger partial charge is 0.504 e. The van der Waals surface area contributed by atoms with Crippen molar-refractivity contribution >= 4 is 0 Å². The van der Waals surface area contributed by atoms with E-state index in [9.17, 15) is 5.11 Å². The summed E-state index contributed by atoms with van der Waals surface area (Å²) in [6, 6.07) is 8.16. The van der Waals surface area contributed by atoms with Crippen molar-refractivity contribution in [1.82, 2.24) is 9.88 Å². The van der Waals surface area contributed by atoms with Gasteiger partial charge in [0, 0.05) is 25.2 Å². The number of aromatic hydroxyl groups is 1. The van der Waals surface area contributed by atoms with Crippen molar-refractivity contribution in [2.24, 2.45) is 0 Å². The van der Waals surface area contributed by atoms with Crippen molar-refractivity contribution in [3.8, 4) is 17.4 Å². The summed E-state index contributed by atoms with van der Waals surface area (Å²) in [4.78, 5) is 7.02. The molecule has 0 fully saturated rings. The topological polar surface area (TPSA) is 54.8 Å². The van der Waals surface area contributed by atoms with Gasteiger partial charge in [-0.1, -0.05) is 6.07 Å². The van der Waals surface area contributed by atoms with Crippen LogP contribution in [0.5, 0.6) is 17.4 Å². The molecule has 0 spiro atoms. The zero-order valence-corrected chi connectivity index (χ0v) is 13.4. The fraction of sp³-hybridized carbons (Fsp3) is 0.389. The Morgan fingerprint density at radius 2 is 2.04 bits per heavy atom. The highest BCUT2D eigenvalue weighted by molar-refractivity contribution is 5.49. The number of fused-ring (bicyclic) bond motifs is 4. The summed E-state index contributed by atoms with van der Waals surface area (Å²) in [5.41, 5.74) is 4.83. The minimum absolute atomic E-state index is 0.215. The molecule has 1 aromatic heterocycles. The molecule has 1 unspecified atom stereocenters. The van der Waals surface area contributed by atoms with Crippen LogP contribution in [0, 0.1) is 0 Å². The monoisotopic (exact) mass is 312 g/mol. The number of hydrogen-bond acceptors (Lipinski definition) is 5. The van der Waals surface area contributed by atoms with E-state index < -0.39 is 0 Å². The average molecular weight is 312 g/mol. The molecule has 0 saturated heterocycles. The summed E-state index contributed by atoms with van der Waals surface area (Å²) in [6.45, 7) is 1.81. The van der Waals surface area contributed by atoms with Crippen molar-refractivity contribution in [3.05, 3.63) is 46.6 Å². The molecule has 120 valence electrons. The first-order chi connectivity index (χ1) is 11.2. The molecule has 5 nitrogen and oxygen atoms in total. The number of aromatic nitrogens is 1. The Hall–Kier alpha value is -2.27. The van der Waals surface area contributed by atoms with Gasteiger partial charge >= 0.3 is 0 Å². The van der Waals surface area contributed by atoms with Gasteiger partial charge in [-0.25, -0.2) is 4.98 Å². The summed E-state index contributed by atoms with van der Waals surface area (Å²) >= 11 is 0. The molecule has 1 N–H and O–H groups in total. The summed E-state index contributed by atoms with van der Waals surface area (Å²) in [7, 11) is 3.24. The molecule has 1 aromatic carbocycles. The van der Waals surface area contributed by atoms with Gasteiger partial charge in [0.25, 0.3) is 0 Å². The predicted octanol–water partition coefficient (Wildman–Crippen LogP) is 2.46. The molecular weight excluding hydrogens is 292 g/mol. The minimum Gasteiger partial charge on any atom is -0.504 e. The Morgan fingerprint density at radius 1 is 1.17 bits per heavy atom. The van der Waals surface area contributed by atoms with E-state index in [0.29, 0.717) is 17.7 Å². The summed E-state index contributed by atoms with van der Waals surface area (Å²) in [5, 5.41) is 10.1. The number of methoxy groups -OCH3 is 2. The van der Waals surface area contributed by atoms with E-state index in [1.165, 1.54) is 16.7 Å². The van der Waals surface area contributed by atoms with Gasteiger partial charge in [-0.05, 0) is 41.7 Å². The van der Waals surface area contributed by atoms with E-state index in [0.717, 1.165) is 31.6 Å². The number of phenolic OH excluding ortho intramolecular Hbond substituents is 1. The van der Waals surface area contributed by atoms with Crippen molar-refractivity contribution in [1.29, 1.82) is 0 Å². The second kappa shape index (κ2) is 5.42.